The number of nitrogens with one attached hydrogen (secondary N) is 2. The number of aryl methyl sites for hydroxylation is 1. The van der Waals surface area contributed by atoms with E-state index in [9.17, 15) is 0 Å². The number of benzene rings is 1. The highest BCUT2D eigenvalue weighted by atomic mass is 35.5. The molecule has 1 aromatic heterocycles. The van der Waals surface area contributed by atoms with Crippen LogP contribution in [0.5, 0.6) is 0 Å². The van der Waals surface area contributed by atoms with Crippen LogP contribution in [-0.4, -0.2) is 24.5 Å². The molecule has 4 nitrogen and oxygen atoms in total. The maximum Gasteiger partial charge on any atom is 0.191 e. The van der Waals surface area contributed by atoms with Gasteiger partial charge in [-0.3, -0.25) is 4.99 Å². The molecule has 0 bridgehead atoms. The molecule has 2 N–H and O–H groups in total. The van der Waals surface area contributed by atoms with Crippen molar-refractivity contribution in [3.8, 4) is 0 Å². The number of thiazole rings is 1. The molecule has 0 radical (unpaired) electrons. The van der Waals surface area contributed by atoms with Crippen LogP contribution in [0.3, 0.4) is 0 Å². The van der Waals surface area contributed by atoms with Gasteiger partial charge in [0.25, 0.3) is 0 Å². The third-order valence-corrected chi connectivity index (χ3v) is 5.72. The van der Waals surface area contributed by atoms with E-state index in [2.05, 4.69) is 45.0 Å². The van der Waals surface area contributed by atoms with Crippen LogP contribution < -0.4 is 10.6 Å². The molecule has 0 atom stereocenters. The summed E-state index contributed by atoms with van der Waals surface area (Å²) < 4.78 is 0. The molecule has 1 aromatic carbocycles. The van der Waals surface area contributed by atoms with E-state index in [4.69, 9.17) is 11.6 Å². The lowest BCUT2D eigenvalue weighted by Crippen LogP contribution is -2.40. The number of aromatic nitrogens is 1. The summed E-state index contributed by atoms with van der Waals surface area (Å²) in [5.41, 5.74) is 2.57. The van der Waals surface area contributed by atoms with Crippen LogP contribution in [0, 0.1) is 0 Å². The molecular formula is C18H23ClN4S. The molecule has 128 valence electrons. The molecule has 1 fully saturated rings. The van der Waals surface area contributed by atoms with Gasteiger partial charge in [-0.15, -0.1) is 11.3 Å². The standard InChI is InChI=1S/C18H23ClN4S/c1-3-16-23-15(11-24-16)10-21-17(20-2)22-12-18(7-8-18)13-5-4-6-14(19)9-13/h4-6,9,11H,3,7-8,10,12H2,1-2H3,(H2,20,21,22). The van der Waals surface area contributed by atoms with Gasteiger partial charge in [0.2, 0.25) is 0 Å². The van der Waals surface area contributed by atoms with Crippen molar-refractivity contribution in [2.45, 2.75) is 38.1 Å². The van der Waals surface area contributed by atoms with Crippen LogP contribution >= 0.6 is 22.9 Å². The van der Waals surface area contributed by atoms with Crippen LogP contribution in [0.2, 0.25) is 5.02 Å². The Morgan fingerprint density at radius 3 is 2.83 bits per heavy atom. The number of halogens is 1. The largest absolute Gasteiger partial charge is 0.356 e. The Balaban J connectivity index is 1.54. The third-order valence-electron chi connectivity index (χ3n) is 4.45. The SMILES string of the molecule is CCc1nc(CNC(=NC)NCC2(c3cccc(Cl)c3)CC2)cs1. The molecule has 1 heterocycles. The van der Waals surface area contributed by atoms with E-state index in [-0.39, 0.29) is 5.41 Å². The van der Waals surface area contributed by atoms with Gasteiger partial charge in [0.15, 0.2) is 5.96 Å². The van der Waals surface area contributed by atoms with Crippen molar-refractivity contribution in [3.63, 3.8) is 0 Å². The van der Waals surface area contributed by atoms with E-state index in [1.165, 1.54) is 23.4 Å². The van der Waals surface area contributed by atoms with Gasteiger partial charge in [-0.05, 0) is 37.0 Å². The lowest BCUT2D eigenvalue weighted by molar-refractivity contribution is 0.645. The number of rotatable bonds is 6. The fourth-order valence-corrected chi connectivity index (χ4v) is 3.71. The highest BCUT2D eigenvalue weighted by molar-refractivity contribution is 7.09. The van der Waals surface area contributed by atoms with Crippen molar-refractivity contribution in [1.29, 1.82) is 0 Å². The maximum atomic E-state index is 6.14. The van der Waals surface area contributed by atoms with Gasteiger partial charge in [0.05, 0.1) is 17.2 Å². The van der Waals surface area contributed by atoms with Crippen LogP contribution in [0.15, 0.2) is 34.6 Å². The second-order valence-electron chi connectivity index (χ2n) is 6.16. The van der Waals surface area contributed by atoms with Crippen molar-refractivity contribution < 1.29 is 0 Å². The first kappa shape index (κ1) is 17.2. The Hall–Kier alpha value is -1.59. The number of hydrogen-bond donors (Lipinski definition) is 2. The van der Waals surface area contributed by atoms with Crippen molar-refractivity contribution in [2.75, 3.05) is 13.6 Å². The number of aliphatic imine (C=N–C) groups is 1. The van der Waals surface area contributed by atoms with Crippen LogP contribution in [0.1, 0.15) is 36.0 Å². The molecule has 0 aliphatic heterocycles. The molecule has 1 aliphatic carbocycles. The first-order valence-electron chi connectivity index (χ1n) is 8.29. The Morgan fingerprint density at radius 2 is 2.21 bits per heavy atom. The molecule has 0 saturated heterocycles. The normalized spacial score (nSPS) is 16.0. The molecule has 1 saturated carbocycles. The second-order valence-corrected chi connectivity index (χ2v) is 7.54. The van der Waals surface area contributed by atoms with E-state index in [0.717, 1.165) is 29.6 Å². The minimum atomic E-state index is 0.193. The van der Waals surface area contributed by atoms with E-state index < -0.39 is 0 Å². The summed E-state index contributed by atoms with van der Waals surface area (Å²) in [6, 6.07) is 8.19. The number of guanidine groups is 1. The zero-order valence-electron chi connectivity index (χ0n) is 14.1. The van der Waals surface area contributed by atoms with Gasteiger partial charge < -0.3 is 10.6 Å². The molecule has 3 rings (SSSR count). The van der Waals surface area contributed by atoms with Gasteiger partial charge in [-0.1, -0.05) is 30.7 Å². The molecule has 1 aliphatic rings. The second kappa shape index (κ2) is 7.53. The first-order valence-corrected chi connectivity index (χ1v) is 9.55. The zero-order valence-corrected chi connectivity index (χ0v) is 15.7. The van der Waals surface area contributed by atoms with Crippen LogP contribution in [0.25, 0.3) is 0 Å². The van der Waals surface area contributed by atoms with Crippen molar-refractivity contribution >= 4 is 28.9 Å². The molecule has 2 aromatic rings. The van der Waals surface area contributed by atoms with Gasteiger partial charge in [0.1, 0.15) is 0 Å². The molecule has 0 spiro atoms. The van der Waals surface area contributed by atoms with Crippen molar-refractivity contribution in [2.24, 2.45) is 4.99 Å². The van der Waals surface area contributed by atoms with E-state index >= 15 is 0 Å². The van der Waals surface area contributed by atoms with E-state index in [0.29, 0.717) is 6.54 Å². The quantitative estimate of drug-likeness (QED) is 0.607. The summed E-state index contributed by atoms with van der Waals surface area (Å²) in [4.78, 5) is 8.89. The third kappa shape index (κ3) is 4.08. The zero-order chi connectivity index (χ0) is 17.0. The summed E-state index contributed by atoms with van der Waals surface area (Å²) in [6.07, 6.45) is 3.35. The summed E-state index contributed by atoms with van der Waals surface area (Å²) >= 11 is 7.85. The molecular weight excluding hydrogens is 340 g/mol. The lowest BCUT2D eigenvalue weighted by Gasteiger charge is -2.19. The Morgan fingerprint density at radius 1 is 1.38 bits per heavy atom. The predicted octanol–water partition coefficient (Wildman–Crippen LogP) is 3.76. The van der Waals surface area contributed by atoms with Gasteiger partial charge in [-0.2, -0.15) is 0 Å². The van der Waals surface area contributed by atoms with Crippen LogP contribution in [-0.2, 0) is 18.4 Å². The Bertz CT molecular complexity index is 721. The Labute approximate surface area is 152 Å². The molecule has 24 heavy (non-hydrogen) atoms. The fraction of sp³-hybridized carbons (Fsp3) is 0.444. The lowest BCUT2D eigenvalue weighted by atomic mass is 9.96. The number of hydrogen-bond acceptors (Lipinski definition) is 3. The average Bonchev–Trinajstić information content (AvgIpc) is 3.25. The number of nitrogens with zero attached hydrogens (tertiary/aromatic N) is 2. The highest BCUT2D eigenvalue weighted by Crippen LogP contribution is 2.48. The van der Waals surface area contributed by atoms with Gasteiger partial charge >= 0.3 is 0 Å². The average molecular weight is 363 g/mol. The topological polar surface area (TPSA) is 49.3 Å². The molecule has 6 heteroatoms. The predicted molar refractivity (Wildman–Crippen MR) is 102 cm³/mol. The minimum Gasteiger partial charge on any atom is -0.356 e. The van der Waals surface area contributed by atoms with E-state index in [1.54, 1.807) is 18.4 Å². The van der Waals surface area contributed by atoms with E-state index in [1.807, 2.05) is 12.1 Å². The Kier molecular flexibility index (Phi) is 5.41. The summed E-state index contributed by atoms with van der Waals surface area (Å²) in [6.45, 7) is 3.69. The summed E-state index contributed by atoms with van der Waals surface area (Å²) in [5.74, 6) is 0.814. The van der Waals surface area contributed by atoms with Gasteiger partial charge in [0, 0.05) is 29.4 Å². The smallest absolute Gasteiger partial charge is 0.191 e. The minimum absolute atomic E-state index is 0.193. The monoisotopic (exact) mass is 362 g/mol. The fourth-order valence-electron chi connectivity index (χ4n) is 2.78. The van der Waals surface area contributed by atoms with Crippen molar-refractivity contribution in [1.82, 2.24) is 15.6 Å². The molecule has 0 unspecified atom stereocenters. The molecule has 0 amide bonds. The highest BCUT2D eigenvalue weighted by Gasteiger charge is 2.44. The summed E-state index contributed by atoms with van der Waals surface area (Å²) in [5, 5.41) is 10.9. The maximum absolute atomic E-state index is 6.14. The van der Waals surface area contributed by atoms with Crippen LogP contribution in [0.4, 0.5) is 0 Å². The van der Waals surface area contributed by atoms with Gasteiger partial charge in [-0.25, -0.2) is 4.98 Å². The first-order chi connectivity index (χ1) is 11.6. The van der Waals surface area contributed by atoms with Crippen molar-refractivity contribution in [3.05, 3.63) is 50.9 Å². The summed E-state index contributed by atoms with van der Waals surface area (Å²) in [7, 11) is 1.80.